The van der Waals surface area contributed by atoms with Gasteiger partial charge in [0.05, 0.1) is 12.2 Å². The molecular formula is C20H30BrIN6. The lowest BCUT2D eigenvalue weighted by atomic mass is 10.1. The average molecular weight is 561 g/mol. The lowest BCUT2D eigenvalue weighted by Gasteiger charge is -2.39. The Morgan fingerprint density at radius 3 is 2.43 bits per heavy atom. The fraction of sp³-hybridized carbons (Fsp3) is 0.500. The van der Waals surface area contributed by atoms with Gasteiger partial charge < -0.3 is 10.2 Å². The highest BCUT2D eigenvalue weighted by molar-refractivity contribution is 14.0. The summed E-state index contributed by atoms with van der Waals surface area (Å²) in [5.74, 6) is 0.995. The van der Waals surface area contributed by atoms with Crippen LogP contribution in [-0.2, 0) is 13.6 Å². The second kappa shape index (κ2) is 11.2. The van der Waals surface area contributed by atoms with Crippen LogP contribution in [0.15, 0.2) is 46.0 Å². The fourth-order valence-electron chi connectivity index (χ4n) is 3.41. The molecule has 0 saturated carbocycles. The van der Waals surface area contributed by atoms with E-state index in [2.05, 4.69) is 74.3 Å². The van der Waals surface area contributed by atoms with E-state index in [1.165, 1.54) is 5.56 Å². The Balaban J connectivity index is 0.00000280. The van der Waals surface area contributed by atoms with E-state index in [1.807, 2.05) is 24.0 Å². The molecule has 8 heteroatoms. The summed E-state index contributed by atoms with van der Waals surface area (Å²) in [7, 11) is 1.96. The van der Waals surface area contributed by atoms with Crippen LogP contribution >= 0.6 is 39.9 Å². The molecule has 1 saturated heterocycles. The Morgan fingerprint density at radius 2 is 1.86 bits per heavy atom. The van der Waals surface area contributed by atoms with E-state index >= 15 is 0 Å². The van der Waals surface area contributed by atoms with Gasteiger partial charge in [-0.15, -0.1) is 24.0 Å². The molecule has 1 N–H and O–H groups in total. The largest absolute Gasteiger partial charge is 0.357 e. The predicted molar refractivity (Wildman–Crippen MR) is 129 cm³/mol. The molecule has 28 heavy (non-hydrogen) atoms. The Hall–Kier alpha value is -1.13. The van der Waals surface area contributed by atoms with E-state index in [-0.39, 0.29) is 24.0 Å². The highest BCUT2D eigenvalue weighted by atomic mass is 127. The van der Waals surface area contributed by atoms with Crippen molar-refractivity contribution in [1.82, 2.24) is 24.9 Å². The van der Waals surface area contributed by atoms with Crippen molar-refractivity contribution in [3.8, 4) is 0 Å². The Bertz CT molecular complexity index is 752. The quantitative estimate of drug-likeness (QED) is 0.344. The van der Waals surface area contributed by atoms with Crippen molar-refractivity contribution >= 4 is 45.9 Å². The van der Waals surface area contributed by atoms with Crippen molar-refractivity contribution in [1.29, 1.82) is 0 Å². The number of aromatic nitrogens is 2. The van der Waals surface area contributed by atoms with Crippen LogP contribution < -0.4 is 5.32 Å². The van der Waals surface area contributed by atoms with E-state index in [9.17, 15) is 0 Å². The molecule has 1 atom stereocenters. The van der Waals surface area contributed by atoms with Crippen LogP contribution in [-0.4, -0.2) is 58.3 Å². The minimum Gasteiger partial charge on any atom is -0.357 e. The molecule has 0 bridgehead atoms. The molecule has 0 aliphatic carbocycles. The number of nitrogens with one attached hydrogen (secondary N) is 1. The number of hydrogen-bond donors (Lipinski definition) is 1. The molecule has 0 spiro atoms. The zero-order valence-electron chi connectivity index (χ0n) is 16.8. The topological polar surface area (TPSA) is 48.7 Å². The Morgan fingerprint density at radius 1 is 1.18 bits per heavy atom. The molecule has 0 radical (unpaired) electrons. The first-order valence-corrected chi connectivity index (χ1v) is 10.4. The molecule has 1 aliphatic heterocycles. The Kier molecular flexibility index (Phi) is 9.23. The first kappa shape index (κ1) is 23.2. The van der Waals surface area contributed by atoms with Gasteiger partial charge >= 0.3 is 0 Å². The zero-order chi connectivity index (χ0) is 19.2. The van der Waals surface area contributed by atoms with Crippen molar-refractivity contribution in [2.45, 2.75) is 26.4 Å². The molecule has 1 aromatic heterocycles. The molecule has 1 aliphatic rings. The second-order valence-electron chi connectivity index (χ2n) is 6.87. The van der Waals surface area contributed by atoms with Gasteiger partial charge in [0.1, 0.15) is 0 Å². The number of guanidine groups is 1. The zero-order valence-corrected chi connectivity index (χ0v) is 20.7. The lowest BCUT2D eigenvalue weighted by Crippen LogP contribution is -2.52. The third kappa shape index (κ3) is 5.93. The summed E-state index contributed by atoms with van der Waals surface area (Å²) in [6.45, 7) is 9.97. The minimum atomic E-state index is 0. The molecular weight excluding hydrogens is 531 g/mol. The third-order valence-electron chi connectivity index (χ3n) is 5.16. The van der Waals surface area contributed by atoms with Crippen molar-refractivity contribution in [2.75, 3.05) is 32.7 Å². The maximum absolute atomic E-state index is 4.83. The highest BCUT2D eigenvalue weighted by Gasteiger charge is 2.23. The molecule has 0 amide bonds. The van der Waals surface area contributed by atoms with Gasteiger partial charge in [-0.05, 0) is 37.6 Å². The number of aliphatic imine (C=N–C) groups is 1. The monoisotopic (exact) mass is 560 g/mol. The SMILES string of the molecule is CCNC(=NCc1ccnn1C)N1CCN(C(C)c2ccc(Br)cc2)CC1.I. The second-order valence-corrected chi connectivity index (χ2v) is 7.78. The number of halogens is 2. The Labute approximate surface area is 193 Å². The van der Waals surface area contributed by atoms with Crippen LogP contribution in [0.1, 0.15) is 31.1 Å². The van der Waals surface area contributed by atoms with Gasteiger partial charge in [-0.2, -0.15) is 5.10 Å². The first-order valence-electron chi connectivity index (χ1n) is 9.58. The minimum absolute atomic E-state index is 0. The average Bonchev–Trinajstić information content (AvgIpc) is 3.10. The van der Waals surface area contributed by atoms with Crippen molar-refractivity contribution in [2.24, 2.45) is 12.0 Å². The smallest absolute Gasteiger partial charge is 0.194 e. The number of hydrogen-bond acceptors (Lipinski definition) is 3. The number of nitrogens with zero attached hydrogens (tertiary/aromatic N) is 5. The normalized spacial score (nSPS) is 16.6. The maximum atomic E-state index is 4.83. The van der Waals surface area contributed by atoms with E-state index in [4.69, 9.17) is 4.99 Å². The van der Waals surface area contributed by atoms with Gasteiger partial charge in [-0.3, -0.25) is 9.58 Å². The van der Waals surface area contributed by atoms with Crippen LogP contribution in [0.25, 0.3) is 0 Å². The van der Waals surface area contributed by atoms with Crippen molar-refractivity contribution in [3.63, 3.8) is 0 Å². The highest BCUT2D eigenvalue weighted by Crippen LogP contribution is 2.23. The van der Waals surface area contributed by atoms with Crippen LogP contribution in [0.3, 0.4) is 0 Å². The van der Waals surface area contributed by atoms with Gasteiger partial charge in [0, 0.05) is 56.5 Å². The predicted octanol–water partition coefficient (Wildman–Crippen LogP) is 3.64. The number of rotatable bonds is 5. The summed E-state index contributed by atoms with van der Waals surface area (Å²) in [5.41, 5.74) is 2.48. The van der Waals surface area contributed by atoms with Gasteiger partial charge in [0.2, 0.25) is 0 Å². The van der Waals surface area contributed by atoms with Gasteiger partial charge in [-0.1, -0.05) is 28.1 Å². The summed E-state index contributed by atoms with van der Waals surface area (Å²) < 4.78 is 3.01. The third-order valence-corrected chi connectivity index (χ3v) is 5.69. The molecule has 2 aromatic rings. The number of piperazine rings is 1. The molecule has 1 unspecified atom stereocenters. The van der Waals surface area contributed by atoms with E-state index < -0.39 is 0 Å². The molecule has 3 rings (SSSR count). The standard InChI is InChI=1S/C20H29BrN6.HI/c1-4-22-20(23-15-19-9-10-24-25(19)3)27-13-11-26(12-14-27)16(2)17-5-7-18(21)8-6-17;/h5-10,16H,4,11-15H2,1-3H3,(H,22,23);1H. The summed E-state index contributed by atoms with van der Waals surface area (Å²) in [6.07, 6.45) is 1.82. The number of benzene rings is 1. The van der Waals surface area contributed by atoms with Crippen molar-refractivity contribution in [3.05, 3.63) is 52.3 Å². The fourth-order valence-corrected chi connectivity index (χ4v) is 3.68. The van der Waals surface area contributed by atoms with E-state index in [1.54, 1.807) is 0 Å². The molecule has 1 fully saturated rings. The van der Waals surface area contributed by atoms with Crippen LogP contribution in [0.2, 0.25) is 0 Å². The van der Waals surface area contributed by atoms with Crippen LogP contribution in [0.4, 0.5) is 0 Å². The first-order chi connectivity index (χ1) is 13.1. The molecule has 6 nitrogen and oxygen atoms in total. The van der Waals surface area contributed by atoms with Gasteiger partial charge in [0.15, 0.2) is 5.96 Å². The van der Waals surface area contributed by atoms with E-state index in [0.717, 1.165) is 48.8 Å². The van der Waals surface area contributed by atoms with Gasteiger partial charge in [-0.25, -0.2) is 4.99 Å². The summed E-state index contributed by atoms with van der Waals surface area (Å²) in [5, 5.41) is 7.66. The van der Waals surface area contributed by atoms with Crippen LogP contribution in [0.5, 0.6) is 0 Å². The van der Waals surface area contributed by atoms with E-state index in [0.29, 0.717) is 12.6 Å². The molecule has 2 heterocycles. The number of aryl methyl sites for hydroxylation is 1. The van der Waals surface area contributed by atoms with Gasteiger partial charge in [0.25, 0.3) is 0 Å². The van der Waals surface area contributed by atoms with Crippen molar-refractivity contribution < 1.29 is 0 Å². The summed E-state index contributed by atoms with van der Waals surface area (Å²) in [6, 6.07) is 11.1. The lowest BCUT2D eigenvalue weighted by molar-refractivity contribution is 0.138. The van der Waals surface area contributed by atoms with Crippen LogP contribution in [0, 0.1) is 0 Å². The molecule has 1 aromatic carbocycles. The maximum Gasteiger partial charge on any atom is 0.194 e. The summed E-state index contributed by atoms with van der Waals surface area (Å²) >= 11 is 3.52. The summed E-state index contributed by atoms with van der Waals surface area (Å²) in [4.78, 5) is 9.74. The molecule has 154 valence electrons.